The molecule has 2 rings (SSSR count). The summed E-state index contributed by atoms with van der Waals surface area (Å²) in [5, 5.41) is 23.6. The lowest BCUT2D eigenvalue weighted by atomic mass is 10.1. The minimum atomic E-state index is -0.762. The van der Waals surface area contributed by atoms with Crippen LogP contribution in [0.3, 0.4) is 0 Å². The highest BCUT2D eigenvalue weighted by Crippen LogP contribution is 2.25. The number of halogens is 1. The fourth-order valence-electron chi connectivity index (χ4n) is 2.36. The largest absolute Gasteiger partial charge is 0.466 e. The van der Waals surface area contributed by atoms with Crippen molar-refractivity contribution in [3.8, 4) is 0 Å². The lowest BCUT2D eigenvalue weighted by Crippen LogP contribution is -2.25. The maximum absolute atomic E-state index is 12.0. The van der Waals surface area contributed by atoms with Crippen molar-refractivity contribution in [1.82, 2.24) is 5.32 Å². The zero-order valence-corrected chi connectivity index (χ0v) is 14.0. The normalized spacial score (nSPS) is 12.0. The van der Waals surface area contributed by atoms with Gasteiger partial charge in [-0.2, -0.15) is 0 Å². The predicted octanol–water partition coefficient (Wildman–Crippen LogP) is 3.31. The number of nitrogens with one attached hydrogen (secondary N) is 1. The van der Waals surface area contributed by atoms with Crippen molar-refractivity contribution < 1.29 is 19.2 Å². The zero-order chi connectivity index (χ0) is 17.9. The SMILES string of the molecule is Cc1cc(C(O)CCNC(=O)c2ccc(Cl)c([N+](=O)[O-])c2)c(C)o1. The Morgan fingerprint density at radius 2 is 2.12 bits per heavy atom. The standard InChI is InChI=1S/C16H17ClN2O5/c1-9-7-12(10(2)24-9)15(20)5-6-18-16(21)11-3-4-13(17)14(8-11)19(22)23/h3-4,7-8,15,20H,5-6H2,1-2H3,(H,18,21). The van der Waals surface area contributed by atoms with E-state index in [2.05, 4.69) is 5.32 Å². The van der Waals surface area contributed by atoms with Gasteiger partial charge in [0.15, 0.2) is 0 Å². The van der Waals surface area contributed by atoms with Crippen molar-refractivity contribution in [2.75, 3.05) is 6.54 Å². The fourth-order valence-corrected chi connectivity index (χ4v) is 2.54. The number of hydrogen-bond donors (Lipinski definition) is 2. The first kappa shape index (κ1) is 18.0. The van der Waals surface area contributed by atoms with Crippen LogP contribution in [0.4, 0.5) is 5.69 Å². The summed E-state index contributed by atoms with van der Waals surface area (Å²) in [6.45, 7) is 3.76. The zero-order valence-electron chi connectivity index (χ0n) is 13.2. The number of amides is 1. The highest BCUT2D eigenvalue weighted by atomic mass is 35.5. The molecule has 0 bridgehead atoms. The minimum absolute atomic E-state index is 0.0298. The Hall–Kier alpha value is -2.38. The molecule has 1 unspecified atom stereocenters. The Balaban J connectivity index is 1.95. The van der Waals surface area contributed by atoms with Crippen LogP contribution in [0.1, 0.15) is 40.0 Å². The van der Waals surface area contributed by atoms with Crippen molar-refractivity contribution in [3.05, 3.63) is 62.0 Å². The van der Waals surface area contributed by atoms with E-state index in [0.29, 0.717) is 23.5 Å². The van der Waals surface area contributed by atoms with Gasteiger partial charge in [-0.3, -0.25) is 14.9 Å². The quantitative estimate of drug-likeness (QED) is 0.612. The summed E-state index contributed by atoms with van der Waals surface area (Å²) in [6.07, 6.45) is -0.469. The van der Waals surface area contributed by atoms with Crippen LogP contribution in [0.5, 0.6) is 0 Å². The molecule has 7 nitrogen and oxygen atoms in total. The van der Waals surface area contributed by atoms with E-state index in [9.17, 15) is 20.0 Å². The Morgan fingerprint density at radius 1 is 1.42 bits per heavy atom. The molecule has 0 radical (unpaired) electrons. The number of carbonyl (C=O) groups excluding carboxylic acids is 1. The molecule has 24 heavy (non-hydrogen) atoms. The summed E-state index contributed by atoms with van der Waals surface area (Å²) in [7, 11) is 0. The summed E-state index contributed by atoms with van der Waals surface area (Å²) < 4.78 is 5.36. The third-order valence-corrected chi connectivity index (χ3v) is 3.87. The first-order chi connectivity index (χ1) is 11.3. The van der Waals surface area contributed by atoms with Crippen LogP contribution in [-0.2, 0) is 0 Å². The van der Waals surface area contributed by atoms with Gasteiger partial charge in [0, 0.05) is 23.7 Å². The molecular formula is C16H17ClN2O5. The van der Waals surface area contributed by atoms with Gasteiger partial charge in [-0.05, 0) is 38.5 Å². The first-order valence-electron chi connectivity index (χ1n) is 7.26. The van der Waals surface area contributed by atoms with Crippen LogP contribution >= 0.6 is 11.6 Å². The summed E-state index contributed by atoms with van der Waals surface area (Å²) in [5.41, 5.74) is 0.494. The topological polar surface area (TPSA) is 106 Å². The van der Waals surface area contributed by atoms with Gasteiger partial charge in [-0.25, -0.2) is 0 Å². The number of furan rings is 1. The number of aliphatic hydroxyl groups is 1. The second-order valence-electron chi connectivity index (χ2n) is 5.35. The van der Waals surface area contributed by atoms with Crippen molar-refractivity contribution in [2.24, 2.45) is 0 Å². The number of hydrogen-bond acceptors (Lipinski definition) is 5. The van der Waals surface area contributed by atoms with Gasteiger partial charge < -0.3 is 14.8 Å². The van der Waals surface area contributed by atoms with Gasteiger partial charge >= 0.3 is 0 Å². The van der Waals surface area contributed by atoms with Crippen LogP contribution in [-0.4, -0.2) is 22.5 Å². The van der Waals surface area contributed by atoms with Gasteiger partial charge in [0.05, 0.1) is 11.0 Å². The van der Waals surface area contributed by atoms with Crippen LogP contribution in [0.25, 0.3) is 0 Å². The number of nitro groups is 1. The molecule has 0 saturated heterocycles. The molecule has 0 saturated carbocycles. The molecular weight excluding hydrogens is 336 g/mol. The van der Waals surface area contributed by atoms with Crippen molar-refractivity contribution in [2.45, 2.75) is 26.4 Å². The molecule has 0 spiro atoms. The van der Waals surface area contributed by atoms with E-state index in [1.54, 1.807) is 19.9 Å². The third kappa shape index (κ3) is 4.12. The van der Waals surface area contributed by atoms with Crippen molar-refractivity contribution in [1.29, 1.82) is 0 Å². The first-order valence-corrected chi connectivity index (χ1v) is 7.64. The highest BCUT2D eigenvalue weighted by molar-refractivity contribution is 6.32. The summed E-state index contributed by atoms with van der Waals surface area (Å²) in [5.74, 6) is 0.876. The van der Waals surface area contributed by atoms with Crippen LogP contribution in [0.15, 0.2) is 28.7 Å². The lowest BCUT2D eigenvalue weighted by molar-refractivity contribution is -0.384. The van der Waals surface area contributed by atoms with Crippen LogP contribution in [0.2, 0.25) is 5.02 Å². The van der Waals surface area contributed by atoms with Crippen LogP contribution in [0, 0.1) is 24.0 Å². The number of aliphatic hydroxyl groups excluding tert-OH is 1. The second kappa shape index (κ2) is 7.46. The molecule has 0 fully saturated rings. The van der Waals surface area contributed by atoms with E-state index in [-0.39, 0.29) is 22.8 Å². The molecule has 0 aliphatic heterocycles. The van der Waals surface area contributed by atoms with Gasteiger partial charge in [0.2, 0.25) is 0 Å². The lowest BCUT2D eigenvalue weighted by Gasteiger charge is -2.10. The van der Waals surface area contributed by atoms with E-state index in [1.807, 2.05) is 0 Å². The average molecular weight is 353 g/mol. The maximum atomic E-state index is 12.0. The molecule has 1 aromatic carbocycles. The van der Waals surface area contributed by atoms with E-state index in [1.165, 1.54) is 12.1 Å². The Morgan fingerprint density at radius 3 is 2.71 bits per heavy atom. The smallest absolute Gasteiger partial charge is 0.288 e. The molecule has 0 aliphatic rings. The Bertz CT molecular complexity index is 772. The molecule has 128 valence electrons. The minimum Gasteiger partial charge on any atom is -0.466 e. The van der Waals surface area contributed by atoms with Gasteiger partial charge in [0.25, 0.3) is 11.6 Å². The van der Waals surface area contributed by atoms with Crippen molar-refractivity contribution in [3.63, 3.8) is 0 Å². The second-order valence-corrected chi connectivity index (χ2v) is 5.76. The summed E-state index contributed by atoms with van der Waals surface area (Å²) in [6, 6.07) is 5.59. The predicted molar refractivity (Wildman–Crippen MR) is 88.2 cm³/mol. The van der Waals surface area contributed by atoms with E-state index in [4.69, 9.17) is 16.0 Å². The fraction of sp³-hybridized carbons (Fsp3) is 0.312. The number of rotatable bonds is 6. The number of nitro benzene ring substituents is 1. The highest BCUT2D eigenvalue weighted by Gasteiger charge is 2.17. The Kier molecular flexibility index (Phi) is 5.58. The van der Waals surface area contributed by atoms with Gasteiger partial charge in [-0.1, -0.05) is 11.6 Å². The summed E-state index contributed by atoms with van der Waals surface area (Å²) >= 11 is 5.71. The molecule has 2 N–H and O–H groups in total. The number of aryl methyl sites for hydroxylation is 2. The van der Waals surface area contributed by atoms with Crippen LogP contribution < -0.4 is 5.32 Å². The molecule has 2 aromatic rings. The third-order valence-electron chi connectivity index (χ3n) is 3.55. The number of nitrogens with zero attached hydrogens (tertiary/aromatic N) is 1. The maximum Gasteiger partial charge on any atom is 0.288 e. The van der Waals surface area contributed by atoms with E-state index < -0.39 is 16.9 Å². The van der Waals surface area contributed by atoms with E-state index >= 15 is 0 Å². The van der Waals surface area contributed by atoms with Gasteiger partial charge in [-0.15, -0.1) is 0 Å². The van der Waals surface area contributed by atoms with Crippen molar-refractivity contribution >= 4 is 23.2 Å². The molecule has 1 heterocycles. The molecule has 0 aliphatic carbocycles. The molecule has 1 amide bonds. The summed E-state index contributed by atoms with van der Waals surface area (Å²) in [4.78, 5) is 22.2. The number of carbonyl (C=O) groups is 1. The molecule has 1 atom stereocenters. The average Bonchev–Trinajstić information content (AvgIpc) is 2.85. The van der Waals surface area contributed by atoms with Gasteiger partial charge in [0.1, 0.15) is 16.5 Å². The number of benzene rings is 1. The van der Waals surface area contributed by atoms with E-state index in [0.717, 1.165) is 6.07 Å². The monoisotopic (exact) mass is 352 g/mol. The molecule has 8 heteroatoms. The molecule has 1 aromatic heterocycles. The Labute approximate surface area is 143 Å².